The number of piperidine rings is 1. The largest absolute Gasteiger partial charge is 0.352 e. The highest BCUT2D eigenvalue weighted by Crippen LogP contribution is 2.17. The van der Waals surface area contributed by atoms with E-state index in [-0.39, 0.29) is 23.2 Å². The van der Waals surface area contributed by atoms with Crippen molar-refractivity contribution < 1.29 is 13.2 Å². The van der Waals surface area contributed by atoms with Crippen molar-refractivity contribution in [3.05, 3.63) is 60.2 Å². The molecule has 0 bridgehead atoms. The molecule has 1 amide bonds. The molecular weight excluding hydrogens is 398 g/mol. The van der Waals surface area contributed by atoms with Crippen molar-refractivity contribution in [3.63, 3.8) is 0 Å². The van der Waals surface area contributed by atoms with Crippen molar-refractivity contribution in [3.8, 4) is 0 Å². The summed E-state index contributed by atoms with van der Waals surface area (Å²) in [7, 11) is -3.63. The minimum atomic E-state index is -3.63. The molecule has 1 unspecified atom stereocenters. The number of benzene rings is 2. The molecule has 6 nitrogen and oxygen atoms in total. The number of anilines is 1. The molecule has 3 rings (SSSR count). The van der Waals surface area contributed by atoms with Gasteiger partial charge in [-0.25, -0.2) is 8.42 Å². The summed E-state index contributed by atoms with van der Waals surface area (Å²) < 4.78 is 27.2. The summed E-state index contributed by atoms with van der Waals surface area (Å²) in [5.41, 5.74) is 0.933. The average Bonchev–Trinajstić information content (AvgIpc) is 2.70. The lowest BCUT2D eigenvalue weighted by Crippen LogP contribution is -2.33. The predicted molar refractivity (Wildman–Crippen MR) is 113 cm³/mol. The van der Waals surface area contributed by atoms with E-state index in [1.165, 1.54) is 25.0 Å². The van der Waals surface area contributed by atoms with Crippen LogP contribution in [0.25, 0.3) is 0 Å². The molecule has 0 aliphatic carbocycles. The number of carbonyl (C=O) groups excluding carboxylic acids is 1. The van der Waals surface area contributed by atoms with Crippen LogP contribution < -0.4 is 15.4 Å². The van der Waals surface area contributed by atoms with E-state index in [0.29, 0.717) is 23.7 Å². The van der Waals surface area contributed by atoms with Crippen LogP contribution in [0.1, 0.15) is 29.6 Å². The Balaban J connectivity index is 0.00000280. The second-order valence-corrected chi connectivity index (χ2v) is 8.44. The van der Waals surface area contributed by atoms with E-state index in [4.69, 9.17) is 0 Å². The van der Waals surface area contributed by atoms with Crippen molar-refractivity contribution in [1.29, 1.82) is 0 Å². The number of sulfonamides is 1. The van der Waals surface area contributed by atoms with Crippen LogP contribution in [0.2, 0.25) is 0 Å². The third-order valence-corrected chi connectivity index (χ3v) is 6.09. The van der Waals surface area contributed by atoms with Gasteiger partial charge in [0.1, 0.15) is 0 Å². The van der Waals surface area contributed by atoms with E-state index in [2.05, 4.69) is 15.4 Å². The summed E-state index contributed by atoms with van der Waals surface area (Å²) in [5, 5.41) is 6.31. The van der Waals surface area contributed by atoms with Crippen molar-refractivity contribution in [2.75, 3.05) is 24.4 Å². The molecular formula is C20H26ClN3O3S. The molecule has 2 aromatic rings. The summed E-state index contributed by atoms with van der Waals surface area (Å²) in [4.78, 5) is 12.4. The number of halogens is 1. The van der Waals surface area contributed by atoms with Crippen LogP contribution in [-0.2, 0) is 10.0 Å². The van der Waals surface area contributed by atoms with Gasteiger partial charge >= 0.3 is 0 Å². The molecule has 0 saturated carbocycles. The molecule has 2 aromatic carbocycles. The maximum Gasteiger partial charge on any atom is 0.261 e. The Labute approximate surface area is 172 Å². The highest BCUT2D eigenvalue weighted by molar-refractivity contribution is 7.92. The van der Waals surface area contributed by atoms with Crippen LogP contribution in [0.15, 0.2) is 59.5 Å². The van der Waals surface area contributed by atoms with Crippen LogP contribution in [0, 0.1) is 5.92 Å². The Bertz CT molecular complexity index is 852. The van der Waals surface area contributed by atoms with E-state index >= 15 is 0 Å². The van der Waals surface area contributed by atoms with Gasteiger partial charge < -0.3 is 10.6 Å². The van der Waals surface area contributed by atoms with Gasteiger partial charge in [-0.2, -0.15) is 0 Å². The van der Waals surface area contributed by atoms with Crippen molar-refractivity contribution in [2.24, 2.45) is 5.92 Å². The lowest BCUT2D eigenvalue weighted by molar-refractivity contribution is 0.0950. The molecule has 1 heterocycles. The van der Waals surface area contributed by atoms with E-state index in [0.717, 1.165) is 19.5 Å². The van der Waals surface area contributed by atoms with Gasteiger partial charge in [0.2, 0.25) is 0 Å². The smallest absolute Gasteiger partial charge is 0.261 e. The maximum atomic E-state index is 12.3. The minimum absolute atomic E-state index is 0. The van der Waals surface area contributed by atoms with Gasteiger partial charge in [0.15, 0.2) is 0 Å². The second kappa shape index (κ2) is 10.5. The normalized spacial score (nSPS) is 16.6. The van der Waals surface area contributed by atoms with Crippen molar-refractivity contribution in [2.45, 2.75) is 24.2 Å². The zero-order valence-electron chi connectivity index (χ0n) is 15.6. The summed E-state index contributed by atoms with van der Waals surface area (Å²) in [6.07, 6.45) is 3.37. The van der Waals surface area contributed by atoms with Crippen LogP contribution >= 0.6 is 12.4 Å². The Morgan fingerprint density at radius 2 is 1.79 bits per heavy atom. The monoisotopic (exact) mass is 423 g/mol. The lowest BCUT2D eigenvalue weighted by atomic mass is 9.96. The van der Waals surface area contributed by atoms with Crippen LogP contribution in [0.5, 0.6) is 0 Å². The first-order valence-electron chi connectivity index (χ1n) is 9.21. The zero-order chi connectivity index (χ0) is 19.1. The fraction of sp³-hybridized carbons (Fsp3) is 0.350. The SMILES string of the molecule is Cl.O=C(NCCC1CCCNC1)c1ccc(NS(=O)(=O)c2ccccc2)cc1. The first-order valence-corrected chi connectivity index (χ1v) is 10.7. The number of hydrogen-bond donors (Lipinski definition) is 3. The van der Waals surface area contributed by atoms with E-state index in [1.54, 1.807) is 42.5 Å². The Kier molecular flexibility index (Phi) is 8.29. The molecule has 1 aliphatic rings. The van der Waals surface area contributed by atoms with Gasteiger partial charge in [-0.15, -0.1) is 12.4 Å². The zero-order valence-corrected chi connectivity index (χ0v) is 17.2. The van der Waals surface area contributed by atoms with Gasteiger partial charge in [-0.3, -0.25) is 9.52 Å². The number of amides is 1. The van der Waals surface area contributed by atoms with Crippen LogP contribution in [0.4, 0.5) is 5.69 Å². The topological polar surface area (TPSA) is 87.3 Å². The van der Waals surface area contributed by atoms with Crippen LogP contribution in [0.3, 0.4) is 0 Å². The highest BCUT2D eigenvalue weighted by Gasteiger charge is 2.15. The Hall–Kier alpha value is -2.09. The van der Waals surface area contributed by atoms with Crippen molar-refractivity contribution in [1.82, 2.24) is 10.6 Å². The molecule has 1 atom stereocenters. The molecule has 8 heteroatoms. The summed E-state index contributed by atoms with van der Waals surface area (Å²) >= 11 is 0. The molecule has 28 heavy (non-hydrogen) atoms. The van der Waals surface area contributed by atoms with Gasteiger partial charge in [0, 0.05) is 17.8 Å². The molecule has 152 valence electrons. The predicted octanol–water partition coefficient (Wildman–Crippen LogP) is 3.03. The first-order chi connectivity index (χ1) is 13.0. The second-order valence-electron chi connectivity index (χ2n) is 6.75. The molecule has 1 aliphatic heterocycles. The van der Waals surface area contributed by atoms with Gasteiger partial charge in [-0.1, -0.05) is 18.2 Å². The highest BCUT2D eigenvalue weighted by atomic mass is 35.5. The molecule has 1 fully saturated rings. The summed E-state index contributed by atoms with van der Waals surface area (Å²) in [6, 6.07) is 14.6. The van der Waals surface area contributed by atoms with Crippen molar-refractivity contribution >= 4 is 34.0 Å². The van der Waals surface area contributed by atoms with Gasteiger partial charge in [0.05, 0.1) is 4.90 Å². The maximum absolute atomic E-state index is 12.3. The summed E-state index contributed by atoms with van der Waals surface area (Å²) in [5.74, 6) is 0.477. The number of hydrogen-bond acceptors (Lipinski definition) is 4. The third kappa shape index (κ3) is 6.22. The van der Waals surface area contributed by atoms with Gasteiger partial charge in [-0.05, 0) is 74.7 Å². The fourth-order valence-electron chi connectivity index (χ4n) is 3.17. The molecule has 0 aromatic heterocycles. The molecule has 0 spiro atoms. The molecule has 1 saturated heterocycles. The molecule has 3 N–H and O–H groups in total. The first kappa shape index (κ1) is 22.2. The number of carbonyl (C=O) groups is 1. The third-order valence-electron chi connectivity index (χ3n) is 4.69. The van der Waals surface area contributed by atoms with Crippen LogP contribution in [-0.4, -0.2) is 34.0 Å². The molecule has 0 radical (unpaired) electrons. The number of rotatable bonds is 7. The van der Waals surface area contributed by atoms with E-state index in [1.807, 2.05) is 0 Å². The van der Waals surface area contributed by atoms with Gasteiger partial charge in [0.25, 0.3) is 15.9 Å². The van der Waals surface area contributed by atoms with E-state index < -0.39 is 10.0 Å². The fourth-order valence-corrected chi connectivity index (χ4v) is 4.25. The summed E-state index contributed by atoms with van der Waals surface area (Å²) in [6.45, 7) is 2.75. The standard InChI is InChI=1S/C20H25N3O3S.ClH/c24-20(22-14-12-16-5-4-13-21-15-16)17-8-10-18(11-9-17)23-27(25,26)19-6-2-1-3-7-19;/h1-3,6-11,16,21,23H,4-5,12-15H2,(H,22,24);1H. The van der Waals surface area contributed by atoms with E-state index in [9.17, 15) is 13.2 Å². The quantitative estimate of drug-likeness (QED) is 0.638. The minimum Gasteiger partial charge on any atom is -0.352 e. The lowest BCUT2D eigenvalue weighted by Gasteiger charge is -2.22. The Morgan fingerprint density at radius 3 is 2.43 bits per heavy atom. The number of nitrogens with one attached hydrogen (secondary N) is 3. The average molecular weight is 424 g/mol. The Morgan fingerprint density at radius 1 is 1.07 bits per heavy atom.